The van der Waals surface area contributed by atoms with Crippen molar-refractivity contribution in [1.29, 1.82) is 0 Å². The van der Waals surface area contributed by atoms with Gasteiger partial charge in [0.15, 0.2) is 0 Å². The van der Waals surface area contributed by atoms with Gasteiger partial charge in [-0.2, -0.15) is 0 Å². The fourth-order valence-corrected chi connectivity index (χ4v) is 1.34. The summed E-state index contributed by atoms with van der Waals surface area (Å²) in [7, 11) is 0. The third-order valence-corrected chi connectivity index (χ3v) is 2.44. The minimum Gasteiger partial charge on any atom is -0.467 e. The maximum Gasteiger partial charge on any atom is 0.129 e. The van der Waals surface area contributed by atoms with E-state index in [0.29, 0.717) is 5.76 Å². The van der Waals surface area contributed by atoms with Crippen LogP contribution < -0.4 is 0 Å². The van der Waals surface area contributed by atoms with Crippen molar-refractivity contribution >= 4 is 0 Å². The predicted molar refractivity (Wildman–Crippen MR) is 59.5 cm³/mol. The van der Waals surface area contributed by atoms with Gasteiger partial charge in [-0.05, 0) is 12.1 Å². The summed E-state index contributed by atoms with van der Waals surface area (Å²) in [6, 6.07) is 3.37. The third kappa shape index (κ3) is 4.37. The Labute approximate surface area is 104 Å². The summed E-state index contributed by atoms with van der Waals surface area (Å²) >= 11 is 0. The maximum atomic E-state index is 9.50. The van der Waals surface area contributed by atoms with E-state index in [-0.39, 0.29) is 13.2 Å². The highest BCUT2D eigenvalue weighted by molar-refractivity contribution is 4.96. The Morgan fingerprint density at radius 3 is 2.33 bits per heavy atom. The molecule has 0 bridgehead atoms. The van der Waals surface area contributed by atoms with E-state index in [4.69, 9.17) is 19.4 Å². The smallest absolute Gasteiger partial charge is 0.129 e. The first kappa shape index (κ1) is 15.1. The lowest BCUT2D eigenvalue weighted by molar-refractivity contribution is -0.130. The number of ether oxygens (including phenoxy) is 1. The molecule has 4 atom stereocenters. The van der Waals surface area contributed by atoms with E-state index in [9.17, 15) is 15.3 Å². The normalized spacial score (nSPS) is 18.3. The lowest BCUT2D eigenvalue weighted by atomic mass is 10.0. The lowest BCUT2D eigenvalue weighted by Gasteiger charge is -2.25. The van der Waals surface area contributed by atoms with Gasteiger partial charge in [-0.15, -0.1) is 0 Å². The van der Waals surface area contributed by atoms with Gasteiger partial charge in [0.2, 0.25) is 0 Å². The Morgan fingerprint density at radius 1 is 1.11 bits per heavy atom. The van der Waals surface area contributed by atoms with Gasteiger partial charge < -0.3 is 34.7 Å². The van der Waals surface area contributed by atoms with Crippen LogP contribution in [-0.2, 0) is 11.3 Å². The molecule has 4 unspecified atom stereocenters. The lowest BCUT2D eigenvalue weighted by Crippen LogP contribution is -2.47. The van der Waals surface area contributed by atoms with Crippen molar-refractivity contribution in [3.63, 3.8) is 0 Å². The molecule has 1 heterocycles. The summed E-state index contributed by atoms with van der Waals surface area (Å²) in [6.07, 6.45) is -4.66. The number of hydrogen-bond acceptors (Lipinski definition) is 7. The molecule has 18 heavy (non-hydrogen) atoms. The van der Waals surface area contributed by atoms with E-state index in [1.54, 1.807) is 12.1 Å². The summed E-state index contributed by atoms with van der Waals surface area (Å²) in [5, 5.41) is 46.0. The van der Waals surface area contributed by atoms with Gasteiger partial charge in [-0.25, -0.2) is 0 Å². The molecule has 0 aliphatic carbocycles. The highest BCUT2D eigenvalue weighted by atomic mass is 16.5. The molecule has 1 aromatic heterocycles. The molecule has 0 aliphatic heterocycles. The molecule has 0 fully saturated rings. The molecule has 7 heteroatoms. The fraction of sp³-hybridized carbons (Fsp3) is 0.636. The minimum absolute atomic E-state index is 0.120. The monoisotopic (exact) mass is 262 g/mol. The standard InChI is InChI=1S/C11H18O7/c12-4-8(13)10(15)11(16)9(14)6-17-5-7-2-1-3-18-7/h1-3,8-16H,4-6H2. The zero-order chi connectivity index (χ0) is 13.5. The first-order chi connectivity index (χ1) is 8.56. The summed E-state index contributed by atoms with van der Waals surface area (Å²) in [6.45, 7) is -0.829. The van der Waals surface area contributed by atoms with Gasteiger partial charge in [0.1, 0.15) is 36.8 Å². The molecule has 0 amide bonds. The molecule has 0 saturated heterocycles. The van der Waals surface area contributed by atoms with E-state index in [1.807, 2.05) is 0 Å². The second-order valence-electron chi connectivity index (χ2n) is 3.89. The second kappa shape index (κ2) is 7.47. The summed E-state index contributed by atoms with van der Waals surface area (Å²) in [5.74, 6) is 0.563. The van der Waals surface area contributed by atoms with Crippen LogP contribution in [0.15, 0.2) is 22.8 Å². The van der Waals surface area contributed by atoms with Crippen molar-refractivity contribution in [2.45, 2.75) is 31.0 Å². The third-order valence-electron chi connectivity index (χ3n) is 2.44. The van der Waals surface area contributed by atoms with Crippen LogP contribution in [0.3, 0.4) is 0 Å². The van der Waals surface area contributed by atoms with Gasteiger partial charge in [0.05, 0.1) is 19.5 Å². The first-order valence-corrected chi connectivity index (χ1v) is 5.49. The number of aliphatic hydroxyl groups excluding tert-OH is 5. The molecular weight excluding hydrogens is 244 g/mol. The van der Waals surface area contributed by atoms with Gasteiger partial charge in [-0.1, -0.05) is 0 Å². The van der Waals surface area contributed by atoms with Crippen LogP contribution in [0.4, 0.5) is 0 Å². The van der Waals surface area contributed by atoms with Crippen molar-refractivity contribution in [1.82, 2.24) is 0 Å². The van der Waals surface area contributed by atoms with E-state index < -0.39 is 31.0 Å². The Balaban J connectivity index is 2.29. The molecule has 0 aliphatic rings. The molecule has 1 rings (SSSR count). The molecule has 1 aromatic rings. The molecule has 0 radical (unpaired) electrons. The van der Waals surface area contributed by atoms with Crippen LogP contribution in [0.1, 0.15) is 5.76 Å². The number of rotatable bonds is 8. The number of furan rings is 1. The van der Waals surface area contributed by atoms with Gasteiger partial charge in [0.25, 0.3) is 0 Å². The highest BCUT2D eigenvalue weighted by Gasteiger charge is 2.30. The van der Waals surface area contributed by atoms with E-state index in [2.05, 4.69) is 0 Å². The molecule has 0 spiro atoms. The van der Waals surface area contributed by atoms with Crippen molar-refractivity contribution in [3.05, 3.63) is 24.2 Å². The van der Waals surface area contributed by atoms with Crippen LogP contribution in [0, 0.1) is 0 Å². The highest BCUT2D eigenvalue weighted by Crippen LogP contribution is 2.07. The van der Waals surface area contributed by atoms with Crippen molar-refractivity contribution in [2.75, 3.05) is 13.2 Å². The van der Waals surface area contributed by atoms with E-state index in [1.165, 1.54) is 6.26 Å². The molecule has 0 aromatic carbocycles. The van der Waals surface area contributed by atoms with Crippen LogP contribution >= 0.6 is 0 Å². The minimum atomic E-state index is -1.64. The summed E-state index contributed by atoms with van der Waals surface area (Å²) in [5.41, 5.74) is 0. The SMILES string of the molecule is OCC(O)C(O)C(O)C(O)COCc1ccco1. The summed E-state index contributed by atoms with van der Waals surface area (Å²) in [4.78, 5) is 0. The number of aliphatic hydroxyl groups is 5. The zero-order valence-electron chi connectivity index (χ0n) is 9.72. The van der Waals surface area contributed by atoms with E-state index in [0.717, 1.165) is 0 Å². The fourth-order valence-electron chi connectivity index (χ4n) is 1.34. The number of hydrogen-bond donors (Lipinski definition) is 5. The Morgan fingerprint density at radius 2 is 1.78 bits per heavy atom. The average molecular weight is 262 g/mol. The quantitative estimate of drug-likeness (QED) is 0.375. The molecule has 7 nitrogen and oxygen atoms in total. The molecule has 104 valence electrons. The van der Waals surface area contributed by atoms with Crippen LogP contribution in [-0.4, -0.2) is 63.2 Å². The topological polar surface area (TPSA) is 124 Å². The Hall–Kier alpha value is -0.960. The molecule has 5 N–H and O–H groups in total. The predicted octanol–water partition coefficient (Wildman–Crippen LogP) is -1.77. The van der Waals surface area contributed by atoms with E-state index >= 15 is 0 Å². The van der Waals surface area contributed by atoms with Gasteiger partial charge in [0, 0.05) is 0 Å². The van der Waals surface area contributed by atoms with Crippen molar-refractivity contribution in [3.8, 4) is 0 Å². The van der Waals surface area contributed by atoms with Gasteiger partial charge >= 0.3 is 0 Å². The van der Waals surface area contributed by atoms with Crippen molar-refractivity contribution in [2.24, 2.45) is 0 Å². The van der Waals surface area contributed by atoms with Crippen LogP contribution in [0.2, 0.25) is 0 Å². The maximum absolute atomic E-state index is 9.50. The second-order valence-corrected chi connectivity index (χ2v) is 3.89. The largest absolute Gasteiger partial charge is 0.467 e. The first-order valence-electron chi connectivity index (χ1n) is 5.49. The van der Waals surface area contributed by atoms with Crippen LogP contribution in [0.5, 0.6) is 0 Å². The molecule has 0 saturated carbocycles. The Bertz CT molecular complexity index is 313. The average Bonchev–Trinajstić information content (AvgIpc) is 2.88. The molecular formula is C11H18O7. The van der Waals surface area contributed by atoms with Crippen molar-refractivity contribution < 1.29 is 34.7 Å². The Kier molecular flexibility index (Phi) is 6.27. The zero-order valence-corrected chi connectivity index (χ0v) is 9.72. The van der Waals surface area contributed by atoms with Gasteiger partial charge in [-0.3, -0.25) is 0 Å². The summed E-state index contributed by atoms with van der Waals surface area (Å²) < 4.78 is 10.1. The van der Waals surface area contributed by atoms with Crippen LogP contribution in [0.25, 0.3) is 0 Å².